The second-order valence-corrected chi connectivity index (χ2v) is 13.4. The molecular weight excluding hydrogens is 691 g/mol. The van der Waals surface area contributed by atoms with Crippen molar-refractivity contribution in [3.8, 4) is 5.75 Å². The fourth-order valence-corrected chi connectivity index (χ4v) is 7.06. The fourth-order valence-electron chi connectivity index (χ4n) is 7.06. The zero-order valence-corrected chi connectivity index (χ0v) is 37.7. The van der Waals surface area contributed by atoms with E-state index in [1.54, 1.807) is 12.0 Å². The summed E-state index contributed by atoms with van der Waals surface area (Å²) < 4.78 is 10.9. The molecule has 0 N–H and O–H groups in total. The molecule has 0 saturated carbocycles. The number of benzene rings is 3. The average molecular weight is 778 g/mol. The first-order valence-electron chi connectivity index (χ1n) is 21.9. The molecular formula is C50H87N3O3. The lowest BCUT2D eigenvalue weighted by molar-refractivity contribution is -0.126. The van der Waals surface area contributed by atoms with Crippen LogP contribution in [0.5, 0.6) is 5.75 Å². The number of likely N-dealkylation sites (tertiary alicyclic amines) is 3. The predicted molar refractivity (Wildman–Crippen MR) is 246 cm³/mol. The van der Waals surface area contributed by atoms with E-state index >= 15 is 0 Å². The maximum Gasteiger partial charge on any atom is 0.222 e. The van der Waals surface area contributed by atoms with Gasteiger partial charge in [0.2, 0.25) is 5.91 Å². The molecule has 6 nitrogen and oxygen atoms in total. The van der Waals surface area contributed by atoms with Crippen LogP contribution in [0.4, 0.5) is 0 Å². The molecule has 3 saturated heterocycles. The number of hydrogen-bond donors (Lipinski definition) is 0. The van der Waals surface area contributed by atoms with Crippen LogP contribution in [0.25, 0.3) is 0 Å². The Morgan fingerprint density at radius 3 is 1.66 bits per heavy atom. The molecule has 3 unspecified atom stereocenters. The summed E-state index contributed by atoms with van der Waals surface area (Å²) in [5, 5.41) is 0. The second kappa shape index (κ2) is 35.0. The van der Waals surface area contributed by atoms with Gasteiger partial charge in [-0.1, -0.05) is 136 Å². The van der Waals surface area contributed by atoms with Crippen LogP contribution in [-0.2, 0) is 16.0 Å². The lowest BCUT2D eigenvalue weighted by Crippen LogP contribution is -2.25. The number of hydrogen-bond acceptors (Lipinski definition) is 5. The Bertz CT molecular complexity index is 1310. The largest absolute Gasteiger partial charge is 0.494 e. The van der Waals surface area contributed by atoms with Crippen LogP contribution < -0.4 is 4.74 Å². The molecule has 3 aromatic rings. The molecule has 320 valence electrons. The minimum absolute atomic E-state index is 0. The van der Waals surface area contributed by atoms with E-state index in [2.05, 4.69) is 110 Å². The van der Waals surface area contributed by atoms with Crippen molar-refractivity contribution in [3.05, 3.63) is 101 Å². The first kappa shape index (κ1) is 54.9. The van der Waals surface area contributed by atoms with Gasteiger partial charge in [0.05, 0.1) is 6.61 Å². The van der Waals surface area contributed by atoms with Crippen LogP contribution in [0.2, 0.25) is 0 Å². The first-order chi connectivity index (χ1) is 26.9. The second-order valence-electron chi connectivity index (χ2n) is 13.4. The number of carbonyl (C=O) groups is 1. The summed E-state index contributed by atoms with van der Waals surface area (Å²) >= 11 is 0. The molecule has 3 heterocycles. The first-order valence-corrected chi connectivity index (χ1v) is 21.9. The molecule has 7 rings (SSSR count). The molecule has 3 atom stereocenters. The van der Waals surface area contributed by atoms with Gasteiger partial charge >= 0.3 is 0 Å². The maximum atomic E-state index is 10.5. The molecule has 1 aliphatic carbocycles. The van der Waals surface area contributed by atoms with Crippen molar-refractivity contribution in [2.75, 3.05) is 61.0 Å². The fraction of sp³-hybridized carbons (Fsp3) is 0.620. The van der Waals surface area contributed by atoms with Crippen LogP contribution in [0, 0.1) is 0 Å². The monoisotopic (exact) mass is 778 g/mol. The van der Waals surface area contributed by atoms with Crippen LogP contribution >= 0.6 is 0 Å². The van der Waals surface area contributed by atoms with Crippen molar-refractivity contribution >= 4 is 5.91 Å². The number of aryl methyl sites for hydroxylation is 1. The van der Waals surface area contributed by atoms with Crippen molar-refractivity contribution in [2.24, 2.45) is 0 Å². The highest BCUT2D eigenvalue weighted by Crippen LogP contribution is 2.46. The Balaban J connectivity index is 0. The van der Waals surface area contributed by atoms with Crippen molar-refractivity contribution in [3.63, 3.8) is 0 Å². The molecule has 56 heavy (non-hydrogen) atoms. The summed E-state index contributed by atoms with van der Waals surface area (Å²) in [6, 6.07) is 28.7. The summed E-state index contributed by atoms with van der Waals surface area (Å²) in [4.78, 5) is 16.9. The average Bonchev–Trinajstić information content (AvgIpc) is 4.03. The highest BCUT2D eigenvalue weighted by Gasteiger charge is 2.31. The summed E-state index contributed by atoms with van der Waals surface area (Å²) in [6.45, 7) is 23.7. The summed E-state index contributed by atoms with van der Waals surface area (Å²) in [5.74, 6) is 2.19. The van der Waals surface area contributed by atoms with Gasteiger partial charge in [0.15, 0.2) is 0 Å². The van der Waals surface area contributed by atoms with E-state index in [0.29, 0.717) is 24.0 Å². The third-order valence-corrected chi connectivity index (χ3v) is 9.82. The van der Waals surface area contributed by atoms with Gasteiger partial charge in [-0.3, -0.25) is 9.69 Å². The van der Waals surface area contributed by atoms with Gasteiger partial charge in [-0.15, -0.1) is 0 Å². The Morgan fingerprint density at radius 2 is 1.23 bits per heavy atom. The molecule has 0 aromatic heterocycles. The highest BCUT2D eigenvalue weighted by molar-refractivity contribution is 5.77. The van der Waals surface area contributed by atoms with E-state index in [-0.39, 0.29) is 7.43 Å². The minimum Gasteiger partial charge on any atom is -0.494 e. The number of rotatable bonds is 6. The summed E-state index contributed by atoms with van der Waals surface area (Å²) in [5.41, 5.74) is 5.80. The number of fused-ring (bicyclic) bond motifs is 1. The lowest BCUT2D eigenvalue weighted by Gasteiger charge is -2.34. The van der Waals surface area contributed by atoms with Gasteiger partial charge in [0, 0.05) is 39.6 Å². The van der Waals surface area contributed by atoms with Gasteiger partial charge in [0.25, 0.3) is 0 Å². The van der Waals surface area contributed by atoms with Crippen LogP contribution in [-0.4, -0.2) is 87.9 Å². The molecule has 0 bridgehead atoms. The smallest absolute Gasteiger partial charge is 0.222 e. The molecule has 3 aliphatic heterocycles. The number of methoxy groups -OCH3 is 1. The number of carbonyl (C=O) groups excluding carboxylic acids is 1. The molecule has 3 aromatic carbocycles. The topological polar surface area (TPSA) is 45.3 Å². The van der Waals surface area contributed by atoms with Crippen LogP contribution in [0.15, 0.2) is 78.9 Å². The molecule has 4 aliphatic rings. The Labute approximate surface area is 347 Å². The lowest BCUT2D eigenvalue weighted by atomic mass is 9.69. The van der Waals surface area contributed by atoms with Gasteiger partial charge in [-0.25, -0.2) is 0 Å². The van der Waals surface area contributed by atoms with Crippen molar-refractivity contribution < 1.29 is 14.3 Å². The summed E-state index contributed by atoms with van der Waals surface area (Å²) in [6.07, 6.45) is 10.9. The van der Waals surface area contributed by atoms with Crippen molar-refractivity contribution in [2.45, 2.75) is 146 Å². The number of ether oxygens (including phenoxy) is 2. The van der Waals surface area contributed by atoms with E-state index in [1.165, 1.54) is 74.0 Å². The molecule has 6 heteroatoms. The molecule has 0 radical (unpaired) electrons. The van der Waals surface area contributed by atoms with E-state index in [0.717, 1.165) is 44.6 Å². The van der Waals surface area contributed by atoms with Crippen LogP contribution in [0.1, 0.15) is 155 Å². The summed E-state index contributed by atoms with van der Waals surface area (Å²) in [7, 11) is 7.88. The van der Waals surface area contributed by atoms with E-state index < -0.39 is 0 Å². The molecule has 1 amide bonds. The third-order valence-electron chi connectivity index (χ3n) is 9.82. The maximum absolute atomic E-state index is 10.5. The quantitative estimate of drug-likeness (QED) is 0.249. The highest BCUT2D eigenvalue weighted by atomic mass is 16.5. The van der Waals surface area contributed by atoms with Gasteiger partial charge in [0.1, 0.15) is 12.0 Å². The third kappa shape index (κ3) is 19.8. The number of nitrogens with zero attached hydrogens (tertiary/aromatic N) is 3. The number of amides is 1. The normalized spacial score (nSPS) is 19.1. The van der Waals surface area contributed by atoms with Gasteiger partial charge in [-0.05, 0) is 119 Å². The van der Waals surface area contributed by atoms with E-state index in [1.807, 2.05) is 62.4 Å². The Morgan fingerprint density at radius 1 is 0.643 bits per heavy atom. The van der Waals surface area contributed by atoms with Gasteiger partial charge < -0.3 is 19.3 Å². The predicted octanol–water partition coefficient (Wildman–Crippen LogP) is 12.7. The van der Waals surface area contributed by atoms with Crippen LogP contribution in [0.3, 0.4) is 0 Å². The van der Waals surface area contributed by atoms with Gasteiger partial charge in [-0.2, -0.15) is 0 Å². The molecule has 0 spiro atoms. The zero-order valence-electron chi connectivity index (χ0n) is 37.7. The Kier molecular flexibility index (Phi) is 34.3. The van der Waals surface area contributed by atoms with E-state index in [4.69, 9.17) is 9.47 Å². The Hall–Kier alpha value is -3.19. The molecule has 3 fully saturated rings. The zero-order chi connectivity index (χ0) is 41.4. The van der Waals surface area contributed by atoms with Crippen molar-refractivity contribution in [1.82, 2.24) is 14.7 Å². The minimum atomic E-state index is 0. The SMILES string of the molecule is C.CC.CC.CC.CC.CCCOc1ccc(C2c3ccccc3CCC2c2ccccc2)cc1.CN1CCCC1.CN1CCCC1=O.COC1CCCN1C. The van der Waals surface area contributed by atoms with E-state index in [9.17, 15) is 4.79 Å². The van der Waals surface area contributed by atoms with Crippen molar-refractivity contribution in [1.29, 1.82) is 0 Å². The standard InChI is InChI=1S/C25H26O.C6H13NO.C5H9NO.C5H11N.4C2H6.CH4/c1-2-18-26-22-15-12-21(13-16-22)25-23-11-7-6-10-20(23)14-17-24(25)19-8-4-3-5-9-19;1-7-5-3-4-6(7)8-2;1-6-4-2-3-5(6)7;1-6-4-2-3-5-6;4*1-2;/h3-13,15-16,24-25H,2,14,17-18H2,1H3;6H,3-5H2,1-2H3;2-4H2,1H3;2-5H2,1H3;4*1-2H3;1H4.